The first kappa shape index (κ1) is 32.4. The van der Waals surface area contributed by atoms with Crippen LogP contribution in [0.2, 0.25) is 0 Å². The standard InChI is InChI=1S/C27H37N5O9S2/c1-15-12-32(16(2)14-33)25(34)11-21-10-22(30-42(35,36)26-17(3)28-40-19(26)5)8-9-23(21)39-24(15)13-31(7)43(37,38)27-18(4)29-41-20(27)6/h8-10,15-16,24,30,33H,11-14H2,1-7H3/t15-,16-,24-/m1/s1. The molecule has 14 nitrogen and oxygen atoms in total. The van der Waals surface area contributed by atoms with Crippen molar-refractivity contribution in [2.45, 2.75) is 69.9 Å². The minimum atomic E-state index is -4.07. The van der Waals surface area contributed by atoms with Crippen molar-refractivity contribution < 1.29 is 40.5 Å². The molecular weight excluding hydrogens is 602 g/mol. The van der Waals surface area contributed by atoms with Crippen LogP contribution >= 0.6 is 0 Å². The zero-order chi connectivity index (χ0) is 31.9. The summed E-state index contributed by atoms with van der Waals surface area (Å²) < 4.78 is 73.4. The molecule has 1 aliphatic rings. The Morgan fingerprint density at radius 2 is 1.67 bits per heavy atom. The monoisotopic (exact) mass is 639 g/mol. The molecular formula is C27H37N5O9S2. The van der Waals surface area contributed by atoms with Gasteiger partial charge in [0.1, 0.15) is 28.1 Å². The number of anilines is 1. The molecule has 4 rings (SSSR count). The number of nitrogens with one attached hydrogen (secondary N) is 1. The molecule has 3 atom stereocenters. The quantitative estimate of drug-likeness (QED) is 0.350. The van der Waals surface area contributed by atoms with Crippen LogP contribution in [0.25, 0.3) is 0 Å². The molecule has 0 radical (unpaired) electrons. The summed E-state index contributed by atoms with van der Waals surface area (Å²) in [6, 6.07) is 4.02. The summed E-state index contributed by atoms with van der Waals surface area (Å²) in [7, 11) is -6.64. The number of nitrogens with zero attached hydrogens (tertiary/aromatic N) is 4. The second-order valence-electron chi connectivity index (χ2n) is 10.9. The van der Waals surface area contributed by atoms with Crippen molar-refractivity contribution in [1.82, 2.24) is 19.5 Å². The van der Waals surface area contributed by atoms with Crippen molar-refractivity contribution in [1.29, 1.82) is 0 Å². The molecule has 0 fully saturated rings. The maximum absolute atomic E-state index is 13.5. The number of amides is 1. The number of ether oxygens (including phenoxy) is 1. The first-order valence-electron chi connectivity index (χ1n) is 13.6. The Morgan fingerprint density at radius 1 is 1.07 bits per heavy atom. The van der Waals surface area contributed by atoms with Crippen LogP contribution in [-0.4, -0.2) is 86.3 Å². The highest BCUT2D eigenvalue weighted by molar-refractivity contribution is 7.92. The Balaban J connectivity index is 1.71. The van der Waals surface area contributed by atoms with Crippen LogP contribution < -0.4 is 9.46 Å². The van der Waals surface area contributed by atoms with E-state index >= 15 is 0 Å². The predicted octanol–water partition coefficient (Wildman–Crippen LogP) is 2.17. The van der Waals surface area contributed by atoms with E-state index < -0.39 is 32.2 Å². The Hall–Kier alpha value is -3.47. The predicted molar refractivity (Wildman–Crippen MR) is 155 cm³/mol. The number of sulfonamides is 2. The van der Waals surface area contributed by atoms with E-state index in [1.165, 1.54) is 44.9 Å². The molecule has 0 aliphatic carbocycles. The fourth-order valence-corrected chi connectivity index (χ4v) is 7.97. The van der Waals surface area contributed by atoms with Gasteiger partial charge in [0.05, 0.1) is 25.6 Å². The largest absolute Gasteiger partial charge is 0.488 e. The number of aliphatic hydroxyl groups excluding tert-OH is 1. The number of aromatic nitrogens is 2. The third-order valence-electron chi connectivity index (χ3n) is 7.48. The molecule has 236 valence electrons. The van der Waals surface area contributed by atoms with E-state index in [9.17, 15) is 26.7 Å². The van der Waals surface area contributed by atoms with E-state index in [0.717, 1.165) is 4.31 Å². The second kappa shape index (κ2) is 12.3. The molecule has 1 aromatic carbocycles. The Bertz CT molecular complexity index is 1680. The number of rotatable bonds is 9. The van der Waals surface area contributed by atoms with Crippen molar-refractivity contribution in [2.24, 2.45) is 5.92 Å². The Labute approximate surface area is 251 Å². The number of aliphatic hydroxyl groups is 1. The van der Waals surface area contributed by atoms with Crippen molar-refractivity contribution in [3.63, 3.8) is 0 Å². The van der Waals surface area contributed by atoms with Gasteiger partial charge in [0.25, 0.3) is 10.0 Å². The summed E-state index contributed by atoms with van der Waals surface area (Å²) in [5.74, 6) is -0.0806. The lowest BCUT2D eigenvalue weighted by Gasteiger charge is -2.33. The fraction of sp³-hybridized carbons (Fsp3) is 0.519. The van der Waals surface area contributed by atoms with Gasteiger partial charge in [-0.2, -0.15) is 4.31 Å². The van der Waals surface area contributed by atoms with Gasteiger partial charge in [0.15, 0.2) is 16.4 Å². The van der Waals surface area contributed by atoms with Crippen LogP contribution in [-0.2, 0) is 31.3 Å². The van der Waals surface area contributed by atoms with Gasteiger partial charge in [-0.3, -0.25) is 9.52 Å². The lowest BCUT2D eigenvalue weighted by atomic mass is 10.0. The molecule has 0 bridgehead atoms. The summed E-state index contributed by atoms with van der Waals surface area (Å²) in [6.07, 6.45) is -0.879. The number of hydrogen-bond acceptors (Lipinski definition) is 11. The average molecular weight is 640 g/mol. The molecule has 3 heterocycles. The Kier molecular flexibility index (Phi) is 9.25. The molecule has 16 heteroatoms. The highest BCUT2D eigenvalue weighted by atomic mass is 32.2. The van der Waals surface area contributed by atoms with Crippen LogP contribution in [0.3, 0.4) is 0 Å². The van der Waals surface area contributed by atoms with Gasteiger partial charge in [-0.1, -0.05) is 17.2 Å². The molecule has 3 aromatic rings. The van der Waals surface area contributed by atoms with Gasteiger partial charge in [0, 0.05) is 30.8 Å². The normalized spacial score (nSPS) is 18.9. The van der Waals surface area contributed by atoms with E-state index in [2.05, 4.69) is 15.0 Å². The number of carbonyl (C=O) groups is 1. The van der Waals surface area contributed by atoms with Gasteiger partial charge >= 0.3 is 0 Å². The number of likely N-dealkylation sites (N-methyl/N-ethyl adjacent to an activating group) is 1. The topological polar surface area (TPSA) is 185 Å². The van der Waals surface area contributed by atoms with Crippen molar-refractivity contribution in [2.75, 3.05) is 31.5 Å². The van der Waals surface area contributed by atoms with Gasteiger partial charge in [-0.05, 0) is 52.8 Å². The maximum atomic E-state index is 13.5. The molecule has 2 aromatic heterocycles. The maximum Gasteiger partial charge on any atom is 0.267 e. The van der Waals surface area contributed by atoms with E-state index in [0.29, 0.717) is 11.3 Å². The van der Waals surface area contributed by atoms with Crippen LogP contribution in [0.15, 0.2) is 37.0 Å². The summed E-state index contributed by atoms with van der Waals surface area (Å²) in [5, 5.41) is 17.4. The fourth-order valence-electron chi connectivity index (χ4n) is 5.13. The molecule has 43 heavy (non-hydrogen) atoms. The number of hydrogen-bond donors (Lipinski definition) is 2. The smallest absolute Gasteiger partial charge is 0.267 e. The van der Waals surface area contributed by atoms with E-state index in [4.69, 9.17) is 13.8 Å². The lowest BCUT2D eigenvalue weighted by molar-refractivity contribution is -0.134. The molecule has 1 amide bonds. The van der Waals surface area contributed by atoms with Crippen molar-refractivity contribution in [3.8, 4) is 5.75 Å². The summed E-state index contributed by atoms with van der Waals surface area (Å²) >= 11 is 0. The summed E-state index contributed by atoms with van der Waals surface area (Å²) in [5.41, 5.74) is 0.999. The minimum absolute atomic E-state index is 0.0213. The van der Waals surface area contributed by atoms with Gasteiger partial charge in [0.2, 0.25) is 15.9 Å². The Morgan fingerprint density at radius 3 is 2.23 bits per heavy atom. The molecule has 2 N–H and O–H groups in total. The zero-order valence-corrected chi connectivity index (χ0v) is 26.7. The first-order valence-corrected chi connectivity index (χ1v) is 16.5. The zero-order valence-electron chi connectivity index (χ0n) is 25.1. The highest BCUT2D eigenvalue weighted by Gasteiger charge is 2.35. The SMILES string of the molecule is Cc1noc(C)c1S(=O)(=O)Nc1ccc2c(c1)CC(=O)N([C@H](C)CO)C[C@@H](C)[C@@H](CN(C)S(=O)(=O)c1c(C)noc1C)O2. The highest BCUT2D eigenvalue weighted by Crippen LogP contribution is 2.32. The summed E-state index contributed by atoms with van der Waals surface area (Å²) in [6.45, 7) is 9.44. The average Bonchev–Trinajstić information content (AvgIpc) is 3.47. The van der Waals surface area contributed by atoms with Crippen LogP contribution in [0.4, 0.5) is 5.69 Å². The molecule has 0 saturated heterocycles. The molecule has 0 saturated carbocycles. The number of fused-ring (bicyclic) bond motifs is 1. The van der Waals surface area contributed by atoms with Gasteiger partial charge < -0.3 is 23.8 Å². The van der Waals surface area contributed by atoms with Crippen LogP contribution in [0, 0.1) is 33.6 Å². The van der Waals surface area contributed by atoms with E-state index in [1.54, 1.807) is 19.9 Å². The first-order chi connectivity index (χ1) is 20.1. The molecule has 0 unspecified atom stereocenters. The second-order valence-corrected chi connectivity index (χ2v) is 14.5. The van der Waals surface area contributed by atoms with Gasteiger partial charge in [-0.25, -0.2) is 16.8 Å². The third-order valence-corrected chi connectivity index (χ3v) is 11.2. The summed E-state index contributed by atoms with van der Waals surface area (Å²) in [4.78, 5) is 14.9. The van der Waals surface area contributed by atoms with Gasteiger partial charge in [-0.15, -0.1) is 0 Å². The number of benzene rings is 1. The minimum Gasteiger partial charge on any atom is -0.488 e. The van der Waals surface area contributed by atoms with E-state index in [1.807, 2.05) is 6.92 Å². The van der Waals surface area contributed by atoms with E-state index in [-0.39, 0.29) is 76.3 Å². The van der Waals surface area contributed by atoms with Crippen LogP contribution in [0.5, 0.6) is 5.75 Å². The van der Waals surface area contributed by atoms with Crippen molar-refractivity contribution in [3.05, 3.63) is 46.7 Å². The molecule has 1 aliphatic heterocycles. The number of aryl methyl sites for hydroxylation is 4. The number of carbonyl (C=O) groups excluding carboxylic acids is 1. The van der Waals surface area contributed by atoms with Crippen molar-refractivity contribution >= 4 is 31.6 Å². The van der Waals surface area contributed by atoms with Crippen LogP contribution in [0.1, 0.15) is 42.3 Å². The lowest BCUT2D eigenvalue weighted by Crippen LogP contribution is -2.48. The third kappa shape index (κ3) is 6.56. The molecule has 0 spiro atoms.